The average Bonchev–Trinajstić information content (AvgIpc) is 3.10. The van der Waals surface area contributed by atoms with Gasteiger partial charge in [-0.2, -0.15) is 0 Å². The molecule has 5 aliphatic rings. The summed E-state index contributed by atoms with van der Waals surface area (Å²) in [6.45, 7) is 6.70. The van der Waals surface area contributed by atoms with Crippen LogP contribution in [0.15, 0.2) is 0 Å². The number of esters is 2. The van der Waals surface area contributed by atoms with Gasteiger partial charge in [0.25, 0.3) is 0 Å². The van der Waals surface area contributed by atoms with E-state index in [1.807, 2.05) is 0 Å². The number of carbonyl (C=O) groups excluding carboxylic acids is 2. The number of hydrogen-bond acceptors (Lipinski definition) is 7. The zero-order chi connectivity index (χ0) is 22.8. The zero-order valence-electron chi connectivity index (χ0n) is 19.4. The molecule has 32 heavy (non-hydrogen) atoms. The lowest BCUT2D eigenvalue weighted by atomic mass is 9.75. The average molecular weight is 515 g/mol. The van der Waals surface area contributed by atoms with E-state index in [0.717, 1.165) is 38.5 Å². The highest BCUT2D eigenvalue weighted by Crippen LogP contribution is 2.78. The second kappa shape index (κ2) is 8.21. The van der Waals surface area contributed by atoms with Crippen LogP contribution in [0.5, 0.6) is 0 Å². The predicted molar refractivity (Wildman–Crippen MR) is 118 cm³/mol. The number of cyclic esters (lactones) is 2. The van der Waals surface area contributed by atoms with Gasteiger partial charge in [0.1, 0.15) is 11.5 Å². The number of carbonyl (C=O) groups is 2. The van der Waals surface area contributed by atoms with E-state index in [9.17, 15) is 9.59 Å². The summed E-state index contributed by atoms with van der Waals surface area (Å²) in [7, 11) is 1.49. The van der Waals surface area contributed by atoms with Crippen molar-refractivity contribution < 1.29 is 33.3 Å². The van der Waals surface area contributed by atoms with Crippen LogP contribution in [-0.2, 0) is 33.3 Å². The first kappa shape index (κ1) is 23.1. The van der Waals surface area contributed by atoms with Crippen molar-refractivity contribution in [3.8, 4) is 0 Å². The van der Waals surface area contributed by atoms with Crippen LogP contribution in [0.4, 0.5) is 0 Å². The lowest BCUT2D eigenvalue weighted by molar-refractivity contribution is -0.221. The Morgan fingerprint density at radius 1 is 1.00 bits per heavy atom. The normalized spacial score (nSPS) is 48.4. The third-order valence-electron chi connectivity index (χ3n) is 8.63. The quantitative estimate of drug-likeness (QED) is 0.392. The molecule has 0 aromatic rings. The van der Waals surface area contributed by atoms with Crippen molar-refractivity contribution in [1.29, 1.82) is 0 Å². The Hall–Kier alpha value is -0.700. The standard InChI is InChI=1S/C24H35BrO7/c1-12(2)15-10-9-13(3)11-16(15)30-20-18(29-14-7-5-6-8-14)23(21(26)32-20)17-19(28-4)31-22(27)24(17,23)25/h12-20H,5-11H2,1-4H3/t13-,15+,16-,17-,18+,19-,20-,23-,24-/m1/s1. The lowest BCUT2D eigenvalue weighted by Gasteiger charge is -2.39. The molecule has 3 saturated carbocycles. The van der Waals surface area contributed by atoms with Crippen molar-refractivity contribution >= 4 is 27.9 Å². The number of ether oxygens (including phenoxy) is 5. The third-order valence-corrected chi connectivity index (χ3v) is 10.1. The van der Waals surface area contributed by atoms with E-state index in [1.165, 1.54) is 13.5 Å². The summed E-state index contributed by atoms with van der Waals surface area (Å²) in [5.41, 5.74) is -1.18. The number of fused-ring (bicyclic) bond motifs is 3. The highest BCUT2D eigenvalue weighted by Gasteiger charge is 2.96. The summed E-state index contributed by atoms with van der Waals surface area (Å²) in [6.07, 6.45) is 5.06. The van der Waals surface area contributed by atoms with Gasteiger partial charge < -0.3 is 23.7 Å². The van der Waals surface area contributed by atoms with Crippen molar-refractivity contribution in [3.05, 3.63) is 0 Å². The maximum absolute atomic E-state index is 13.4. The zero-order valence-corrected chi connectivity index (χ0v) is 21.0. The molecule has 0 N–H and O–H groups in total. The van der Waals surface area contributed by atoms with Gasteiger partial charge in [-0.05, 0) is 43.4 Å². The molecular formula is C24H35BrO7. The molecule has 2 aliphatic heterocycles. The monoisotopic (exact) mass is 514 g/mol. The highest BCUT2D eigenvalue weighted by molar-refractivity contribution is 9.10. The molecule has 2 saturated heterocycles. The second-order valence-electron chi connectivity index (χ2n) is 10.8. The molecule has 0 bridgehead atoms. The van der Waals surface area contributed by atoms with Gasteiger partial charge in [-0.15, -0.1) is 0 Å². The molecule has 8 heteroatoms. The first-order valence-electron chi connectivity index (χ1n) is 12.2. The molecular weight excluding hydrogens is 480 g/mol. The SMILES string of the molecule is CO[C@@H]1OC(=O)[C@]2(Br)[C@H]1[C@@]21C(=O)O[C@@H](O[C@@H]2C[C@H](C)CC[C@H]2C(C)C)[C@@H]1OC1CCCC1. The van der Waals surface area contributed by atoms with Crippen LogP contribution in [0.1, 0.15) is 65.7 Å². The van der Waals surface area contributed by atoms with Gasteiger partial charge >= 0.3 is 11.9 Å². The van der Waals surface area contributed by atoms with Gasteiger partial charge in [0.2, 0.25) is 12.6 Å². The molecule has 5 fully saturated rings. The number of alkyl halides is 1. The molecule has 0 unspecified atom stereocenters. The summed E-state index contributed by atoms with van der Waals surface area (Å²) in [5.74, 6) is 0.0109. The molecule has 7 nitrogen and oxygen atoms in total. The van der Waals surface area contributed by atoms with Crippen LogP contribution in [0.25, 0.3) is 0 Å². The van der Waals surface area contributed by atoms with Crippen molar-refractivity contribution in [2.45, 2.75) is 101 Å². The van der Waals surface area contributed by atoms with Gasteiger partial charge in [0, 0.05) is 7.11 Å². The minimum atomic E-state index is -1.18. The molecule has 9 atom stereocenters. The van der Waals surface area contributed by atoms with Crippen LogP contribution >= 0.6 is 15.9 Å². The van der Waals surface area contributed by atoms with Crippen molar-refractivity contribution in [2.75, 3.05) is 7.11 Å². The Kier molecular flexibility index (Phi) is 5.91. The van der Waals surface area contributed by atoms with E-state index >= 15 is 0 Å². The molecule has 0 radical (unpaired) electrons. The number of methoxy groups -OCH3 is 1. The third kappa shape index (κ3) is 3.15. The maximum Gasteiger partial charge on any atom is 0.327 e. The van der Waals surface area contributed by atoms with Crippen LogP contribution < -0.4 is 0 Å². The van der Waals surface area contributed by atoms with Gasteiger partial charge in [-0.25, -0.2) is 0 Å². The Morgan fingerprint density at radius 2 is 1.69 bits per heavy atom. The Balaban J connectivity index is 1.45. The van der Waals surface area contributed by atoms with Crippen molar-refractivity contribution in [3.63, 3.8) is 0 Å². The van der Waals surface area contributed by atoms with Crippen molar-refractivity contribution in [2.24, 2.45) is 29.1 Å². The Bertz CT molecular complexity index is 767. The molecule has 0 aromatic heterocycles. The topological polar surface area (TPSA) is 80.3 Å². The summed E-state index contributed by atoms with van der Waals surface area (Å²) < 4.78 is 28.7. The minimum Gasteiger partial charge on any atom is -0.434 e. The Morgan fingerprint density at radius 3 is 2.34 bits per heavy atom. The molecule has 180 valence electrons. The second-order valence-corrected chi connectivity index (χ2v) is 12.1. The molecule has 0 amide bonds. The minimum absolute atomic E-state index is 0.00332. The fourth-order valence-corrected chi connectivity index (χ4v) is 8.02. The summed E-state index contributed by atoms with van der Waals surface area (Å²) in [4.78, 5) is 26.2. The van der Waals surface area contributed by atoms with Crippen LogP contribution in [0.2, 0.25) is 0 Å². The van der Waals surface area contributed by atoms with E-state index in [-0.39, 0.29) is 12.2 Å². The van der Waals surface area contributed by atoms with E-state index in [4.69, 9.17) is 23.7 Å². The highest BCUT2D eigenvalue weighted by atomic mass is 79.9. The van der Waals surface area contributed by atoms with Gasteiger partial charge in [-0.3, -0.25) is 9.59 Å². The lowest BCUT2D eigenvalue weighted by Crippen LogP contribution is -2.46. The van der Waals surface area contributed by atoms with E-state index in [0.29, 0.717) is 17.8 Å². The van der Waals surface area contributed by atoms with E-state index < -0.39 is 46.3 Å². The smallest absolute Gasteiger partial charge is 0.327 e. The van der Waals surface area contributed by atoms with E-state index in [2.05, 4.69) is 36.7 Å². The molecule has 2 heterocycles. The van der Waals surface area contributed by atoms with Crippen LogP contribution in [0, 0.1) is 29.1 Å². The molecule has 3 aliphatic carbocycles. The summed E-state index contributed by atoms with van der Waals surface area (Å²) in [5, 5.41) is 0. The Labute approximate surface area is 198 Å². The number of halogens is 1. The van der Waals surface area contributed by atoms with Crippen molar-refractivity contribution in [1.82, 2.24) is 0 Å². The molecule has 0 aromatic carbocycles. The van der Waals surface area contributed by atoms with Crippen LogP contribution in [-0.4, -0.2) is 54.3 Å². The molecule has 5 rings (SSSR count). The first-order valence-corrected chi connectivity index (χ1v) is 13.0. The largest absolute Gasteiger partial charge is 0.434 e. The predicted octanol–water partition coefficient (Wildman–Crippen LogP) is 3.95. The van der Waals surface area contributed by atoms with Gasteiger partial charge in [0.15, 0.2) is 4.32 Å². The number of hydrogen-bond donors (Lipinski definition) is 0. The number of rotatable bonds is 6. The fourth-order valence-electron chi connectivity index (χ4n) is 6.83. The van der Waals surface area contributed by atoms with Gasteiger partial charge in [0.05, 0.1) is 18.1 Å². The van der Waals surface area contributed by atoms with Crippen LogP contribution in [0.3, 0.4) is 0 Å². The summed E-state index contributed by atoms with van der Waals surface area (Å²) in [6, 6.07) is 0. The fraction of sp³-hybridized carbons (Fsp3) is 0.917. The summed E-state index contributed by atoms with van der Waals surface area (Å²) >= 11 is 3.58. The maximum atomic E-state index is 13.4. The van der Waals surface area contributed by atoms with Gasteiger partial charge in [-0.1, -0.05) is 56.0 Å². The first-order chi connectivity index (χ1) is 15.2. The van der Waals surface area contributed by atoms with E-state index in [1.54, 1.807) is 0 Å². The molecule has 1 spiro atoms.